The van der Waals surface area contributed by atoms with Crippen molar-refractivity contribution in [2.75, 3.05) is 0 Å². The molecule has 0 bridgehead atoms. The molecule has 0 saturated carbocycles. The van der Waals surface area contributed by atoms with Gasteiger partial charge in [0.25, 0.3) is 0 Å². The summed E-state index contributed by atoms with van der Waals surface area (Å²) in [6.07, 6.45) is 0.393. The number of nitriles is 1. The quantitative estimate of drug-likeness (QED) is 0.732. The first-order valence-corrected chi connectivity index (χ1v) is 5.53. The Labute approximate surface area is 95.5 Å². The second kappa shape index (κ2) is 3.78. The van der Waals surface area contributed by atoms with Gasteiger partial charge < -0.3 is 0 Å². The number of halogens is 2. The van der Waals surface area contributed by atoms with Crippen LogP contribution in [0.5, 0.6) is 0 Å². The zero-order chi connectivity index (χ0) is 10.1. The first-order valence-electron chi connectivity index (χ1n) is 3.96. The van der Waals surface area contributed by atoms with Crippen LogP contribution < -0.4 is 0 Å². The predicted molar refractivity (Wildman–Crippen MR) is 61.2 cm³/mol. The zero-order valence-electron chi connectivity index (χ0n) is 7.05. The maximum absolute atomic E-state index is 8.64. The molecule has 0 atom stereocenters. The lowest BCUT2D eigenvalue weighted by Gasteiger charge is -1.95. The van der Waals surface area contributed by atoms with E-state index in [2.05, 4.69) is 6.07 Å². The molecule has 0 saturated heterocycles. The molecule has 1 aromatic heterocycles. The van der Waals surface area contributed by atoms with Crippen LogP contribution in [0, 0.1) is 11.3 Å². The second-order valence-electron chi connectivity index (χ2n) is 2.82. The van der Waals surface area contributed by atoms with Gasteiger partial charge >= 0.3 is 0 Å². The molecule has 70 valence electrons. The van der Waals surface area contributed by atoms with Gasteiger partial charge in [0.1, 0.15) is 4.34 Å². The number of hydrogen-bond acceptors (Lipinski definition) is 2. The number of benzene rings is 1. The van der Waals surface area contributed by atoms with E-state index >= 15 is 0 Å². The molecular formula is C10H5Cl2NS. The van der Waals surface area contributed by atoms with Crippen molar-refractivity contribution in [2.24, 2.45) is 0 Å². The fourth-order valence-electron chi connectivity index (χ4n) is 1.34. The topological polar surface area (TPSA) is 23.8 Å². The lowest BCUT2D eigenvalue weighted by Crippen LogP contribution is -1.79. The van der Waals surface area contributed by atoms with Crippen molar-refractivity contribution in [3.63, 3.8) is 0 Å². The summed E-state index contributed by atoms with van der Waals surface area (Å²) in [5, 5.41) is 10.2. The average molecular weight is 242 g/mol. The lowest BCUT2D eigenvalue weighted by atomic mass is 10.1. The molecule has 0 N–H and O–H groups in total. The van der Waals surface area contributed by atoms with Crippen LogP contribution in [-0.4, -0.2) is 0 Å². The van der Waals surface area contributed by atoms with E-state index in [9.17, 15) is 0 Å². The van der Waals surface area contributed by atoms with Gasteiger partial charge in [-0.05, 0) is 5.56 Å². The molecule has 0 amide bonds. The van der Waals surface area contributed by atoms with Crippen LogP contribution in [0.1, 0.15) is 5.56 Å². The number of nitrogens with zero attached hydrogens (tertiary/aromatic N) is 1. The summed E-state index contributed by atoms with van der Waals surface area (Å²) in [4.78, 5) is 0. The molecule has 0 radical (unpaired) electrons. The highest BCUT2D eigenvalue weighted by molar-refractivity contribution is 7.23. The zero-order valence-corrected chi connectivity index (χ0v) is 9.38. The van der Waals surface area contributed by atoms with Crippen LogP contribution in [0.2, 0.25) is 9.36 Å². The lowest BCUT2D eigenvalue weighted by molar-refractivity contribution is 1.29. The van der Waals surface area contributed by atoms with Crippen molar-refractivity contribution in [2.45, 2.75) is 6.42 Å². The summed E-state index contributed by atoms with van der Waals surface area (Å²) in [6, 6.07) is 7.86. The van der Waals surface area contributed by atoms with Gasteiger partial charge in [-0.3, -0.25) is 0 Å². The Morgan fingerprint density at radius 2 is 2.14 bits per heavy atom. The van der Waals surface area contributed by atoms with Crippen LogP contribution in [-0.2, 0) is 6.42 Å². The second-order valence-corrected chi connectivity index (χ2v) is 4.82. The van der Waals surface area contributed by atoms with Gasteiger partial charge in [-0.2, -0.15) is 5.26 Å². The van der Waals surface area contributed by atoms with Gasteiger partial charge in [-0.15, -0.1) is 11.3 Å². The summed E-state index contributed by atoms with van der Waals surface area (Å²) in [5.41, 5.74) is 0.990. The molecule has 0 aliphatic heterocycles. The Balaban J connectivity index is 2.76. The third kappa shape index (κ3) is 1.48. The molecule has 4 heteroatoms. The number of thiophene rings is 1. The van der Waals surface area contributed by atoms with Gasteiger partial charge in [-0.25, -0.2) is 0 Å². The molecule has 0 unspecified atom stereocenters. The standard InChI is InChI=1S/C10H5Cl2NS/c11-8-7-3-1-2-6(4-5-13)9(7)14-10(8)12/h1-3H,4H2. The summed E-state index contributed by atoms with van der Waals surface area (Å²) < 4.78 is 1.61. The van der Waals surface area contributed by atoms with E-state index in [0.717, 1.165) is 15.6 Å². The highest BCUT2D eigenvalue weighted by Crippen LogP contribution is 2.40. The van der Waals surface area contributed by atoms with E-state index in [4.69, 9.17) is 28.5 Å². The van der Waals surface area contributed by atoms with Gasteiger partial charge in [0, 0.05) is 10.1 Å². The minimum Gasteiger partial charge on any atom is -0.198 e. The highest BCUT2D eigenvalue weighted by atomic mass is 35.5. The minimum absolute atomic E-state index is 0.393. The highest BCUT2D eigenvalue weighted by Gasteiger charge is 2.10. The number of hydrogen-bond donors (Lipinski definition) is 0. The van der Waals surface area contributed by atoms with Gasteiger partial charge in [-0.1, -0.05) is 41.4 Å². The van der Waals surface area contributed by atoms with Gasteiger partial charge in [0.05, 0.1) is 17.5 Å². The minimum atomic E-state index is 0.393. The Morgan fingerprint density at radius 3 is 2.86 bits per heavy atom. The normalized spacial score (nSPS) is 10.4. The molecular weight excluding hydrogens is 237 g/mol. The van der Waals surface area contributed by atoms with E-state index in [1.165, 1.54) is 11.3 Å². The number of fused-ring (bicyclic) bond motifs is 1. The van der Waals surface area contributed by atoms with E-state index in [0.29, 0.717) is 15.8 Å². The molecule has 2 aromatic rings. The van der Waals surface area contributed by atoms with Crippen molar-refractivity contribution in [1.82, 2.24) is 0 Å². The van der Waals surface area contributed by atoms with Crippen LogP contribution in [0.25, 0.3) is 10.1 Å². The van der Waals surface area contributed by atoms with Crippen LogP contribution >= 0.6 is 34.5 Å². The third-order valence-corrected chi connectivity index (χ3v) is 4.06. The van der Waals surface area contributed by atoms with Crippen LogP contribution in [0.3, 0.4) is 0 Å². The molecule has 1 heterocycles. The smallest absolute Gasteiger partial charge is 0.113 e. The SMILES string of the molecule is N#CCc1cccc2c(Cl)c(Cl)sc12. The summed E-state index contributed by atoms with van der Waals surface area (Å²) in [5.74, 6) is 0. The molecule has 0 spiro atoms. The molecule has 1 aromatic carbocycles. The van der Waals surface area contributed by atoms with E-state index in [1.807, 2.05) is 18.2 Å². The Bertz CT molecular complexity index is 525. The largest absolute Gasteiger partial charge is 0.198 e. The molecule has 14 heavy (non-hydrogen) atoms. The first-order chi connectivity index (χ1) is 6.74. The third-order valence-electron chi connectivity index (χ3n) is 1.97. The van der Waals surface area contributed by atoms with Crippen molar-refractivity contribution in [3.8, 4) is 6.07 Å². The van der Waals surface area contributed by atoms with Crippen molar-refractivity contribution >= 4 is 44.6 Å². The van der Waals surface area contributed by atoms with Crippen molar-refractivity contribution in [3.05, 3.63) is 33.1 Å². The fraction of sp³-hybridized carbons (Fsp3) is 0.100. The van der Waals surface area contributed by atoms with E-state index in [-0.39, 0.29) is 0 Å². The fourth-order valence-corrected chi connectivity index (χ4v) is 2.94. The van der Waals surface area contributed by atoms with Crippen LogP contribution in [0.15, 0.2) is 18.2 Å². The van der Waals surface area contributed by atoms with E-state index in [1.54, 1.807) is 0 Å². The predicted octanol–water partition coefficient (Wildman–Crippen LogP) is 4.27. The molecule has 1 nitrogen and oxygen atoms in total. The molecule has 0 aliphatic carbocycles. The molecule has 0 aliphatic rings. The molecule has 0 fully saturated rings. The summed E-state index contributed by atoms with van der Waals surface area (Å²) in [7, 11) is 0. The first kappa shape index (κ1) is 9.79. The maximum Gasteiger partial charge on any atom is 0.113 e. The van der Waals surface area contributed by atoms with E-state index < -0.39 is 0 Å². The summed E-state index contributed by atoms with van der Waals surface area (Å²) in [6.45, 7) is 0. The monoisotopic (exact) mass is 241 g/mol. The Hall–Kier alpha value is -0.750. The van der Waals surface area contributed by atoms with Crippen molar-refractivity contribution < 1.29 is 0 Å². The molecule has 2 rings (SSSR count). The maximum atomic E-state index is 8.64. The number of rotatable bonds is 1. The Kier molecular flexibility index (Phi) is 2.64. The summed E-state index contributed by atoms with van der Waals surface area (Å²) >= 11 is 13.4. The average Bonchev–Trinajstić information content (AvgIpc) is 2.46. The van der Waals surface area contributed by atoms with Crippen molar-refractivity contribution in [1.29, 1.82) is 5.26 Å². The Morgan fingerprint density at radius 1 is 1.36 bits per heavy atom. The van der Waals surface area contributed by atoms with Gasteiger partial charge in [0.2, 0.25) is 0 Å². The van der Waals surface area contributed by atoms with Crippen LogP contribution in [0.4, 0.5) is 0 Å². The van der Waals surface area contributed by atoms with Gasteiger partial charge in [0.15, 0.2) is 0 Å².